The summed E-state index contributed by atoms with van der Waals surface area (Å²) < 4.78 is 19.4. The molecule has 3 fully saturated rings. The van der Waals surface area contributed by atoms with Crippen LogP contribution in [0.15, 0.2) is 18.3 Å². The number of carbonyl (C=O) groups is 2. The van der Waals surface area contributed by atoms with Crippen LogP contribution < -0.4 is 10.1 Å². The molecule has 194 valence electrons. The zero-order valence-electron chi connectivity index (χ0n) is 21.4. The number of likely N-dealkylation sites (N-methyl/N-ethyl adjacent to an activating group) is 1. The number of rotatable bonds is 5. The molecule has 1 saturated carbocycles. The quantitative estimate of drug-likeness (QED) is 0.657. The number of halogens is 1. The molecule has 4 heterocycles. The number of methoxy groups -OCH3 is 1. The fraction of sp³-hybridized carbons (Fsp3) is 0.615. The second-order valence-corrected chi connectivity index (χ2v) is 11.2. The monoisotopic (exact) mass is 498 g/mol. The summed E-state index contributed by atoms with van der Waals surface area (Å²) in [5, 5.41) is 10.2. The molecule has 2 amide bonds. The highest BCUT2D eigenvalue weighted by Crippen LogP contribution is 2.50. The van der Waals surface area contributed by atoms with Crippen molar-refractivity contribution in [2.75, 3.05) is 27.2 Å². The summed E-state index contributed by atoms with van der Waals surface area (Å²) in [6.07, 6.45) is 6.19. The van der Waals surface area contributed by atoms with Crippen molar-refractivity contribution in [3.05, 3.63) is 29.8 Å². The van der Waals surface area contributed by atoms with Crippen molar-refractivity contribution in [2.45, 2.75) is 69.5 Å². The number of piperidine rings is 2. The van der Waals surface area contributed by atoms with Gasteiger partial charge in [0.2, 0.25) is 11.8 Å². The van der Waals surface area contributed by atoms with E-state index in [1.54, 1.807) is 6.07 Å². The Morgan fingerprint density at radius 2 is 2.00 bits per heavy atom. The highest BCUT2D eigenvalue weighted by atomic mass is 19.1. The largest absolute Gasteiger partial charge is 0.481 e. The van der Waals surface area contributed by atoms with E-state index in [1.165, 1.54) is 13.2 Å². The SMILES string of the molecule is COc1cc(-c2cc(C(=O)N3CC[C@H](C(=O)N[C@@H]4CCC(C)(C)N(C)C4)CC34CC4)[nH]n2)c(F)cn1. The first kappa shape index (κ1) is 24.7. The molecule has 1 spiro atoms. The van der Waals surface area contributed by atoms with Gasteiger partial charge in [-0.15, -0.1) is 0 Å². The minimum absolute atomic E-state index is 0.0903. The number of nitrogens with one attached hydrogen (secondary N) is 2. The number of ether oxygens (including phenoxy) is 1. The summed E-state index contributed by atoms with van der Waals surface area (Å²) in [5.41, 5.74) is 0.718. The fourth-order valence-corrected chi connectivity index (χ4v) is 5.62. The summed E-state index contributed by atoms with van der Waals surface area (Å²) in [6, 6.07) is 3.19. The zero-order valence-corrected chi connectivity index (χ0v) is 21.4. The van der Waals surface area contributed by atoms with Crippen LogP contribution in [0.3, 0.4) is 0 Å². The van der Waals surface area contributed by atoms with Gasteiger partial charge in [0.25, 0.3) is 5.91 Å². The molecule has 2 aromatic rings. The van der Waals surface area contributed by atoms with Crippen molar-refractivity contribution < 1.29 is 18.7 Å². The van der Waals surface area contributed by atoms with E-state index < -0.39 is 5.82 Å². The molecule has 2 N–H and O–H groups in total. The maximum Gasteiger partial charge on any atom is 0.272 e. The average molecular weight is 499 g/mol. The molecule has 2 aliphatic heterocycles. The number of aromatic nitrogens is 3. The molecule has 2 atom stereocenters. The molecule has 10 heteroatoms. The minimum atomic E-state index is -0.542. The fourth-order valence-electron chi connectivity index (χ4n) is 5.62. The third-order valence-corrected chi connectivity index (χ3v) is 8.45. The Morgan fingerprint density at radius 1 is 1.22 bits per heavy atom. The normalized spacial score (nSPS) is 25.0. The van der Waals surface area contributed by atoms with Gasteiger partial charge in [-0.05, 0) is 65.5 Å². The van der Waals surface area contributed by atoms with Gasteiger partial charge in [-0.3, -0.25) is 19.6 Å². The van der Waals surface area contributed by atoms with E-state index in [1.807, 2.05) is 4.90 Å². The van der Waals surface area contributed by atoms with E-state index >= 15 is 0 Å². The van der Waals surface area contributed by atoms with E-state index in [2.05, 4.69) is 46.3 Å². The number of likely N-dealkylation sites (tertiary alicyclic amines) is 2. The molecule has 0 aromatic carbocycles. The van der Waals surface area contributed by atoms with Crippen molar-refractivity contribution in [1.29, 1.82) is 0 Å². The number of carbonyl (C=O) groups excluding carboxylic acids is 2. The average Bonchev–Trinajstić information content (AvgIpc) is 3.43. The molecule has 2 aromatic heterocycles. The number of nitrogens with zero attached hydrogens (tertiary/aromatic N) is 4. The van der Waals surface area contributed by atoms with E-state index in [0.29, 0.717) is 30.8 Å². The predicted octanol–water partition coefficient (Wildman–Crippen LogP) is 2.99. The van der Waals surface area contributed by atoms with Crippen molar-refractivity contribution >= 4 is 11.8 Å². The Morgan fingerprint density at radius 3 is 2.69 bits per heavy atom. The Hall–Kier alpha value is -3.01. The number of hydrogen-bond donors (Lipinski definition) is 2. The Bertz CT molecular complexity index is 1160. The van der Waals surface area contributed by atoms with Crippen LogP contribution in [0.2, 0.25) is 0 Å². The molecule has 0 radical (unpaired) electrons. The second kappa shape index (κ2) is 9.14. The predicted molar refractivity (Wildman–Crippen MR) is 132 cm³/mol. The molecule has 9 nitrogen and oxygen atoms in total. The summed E-state index contributed by atoms with van der Waals surface area (Å²) >= 11 is 0. The van der Waals surface area contributed by atoms with Crippen LogP contribution in [0.5, 0.6) is 5.88 Å². The van der Waals surface area contributed by atoms with Gasteiger partial charge in [0.05, 0.1) is 19.0 Å². The second-order valence-electron chi connectivity index (χ2n) is 11.2. The summed E-state index contributed by atoms with van der Waals surface area (Å²) in [6.45, 7) is 5.84. The molecule has 2 saturated heterocycles. The smallest absolute Gasteiger partial charge is 0.272 e. The van der Waals surface area contributed by atoms with Gasteiger partial charge in [-0.25, -0.2) is 9.37 Å². The molecule has 5 rings (SSSR count). The molecule has 1 aliphatic carbocycles. The van der Waals surface area contributed by atoms with Crippen molar-refractivity contribution in [3.8, 4) is 17.1 Å². The maximum atomic E-state index is 14.3. The lowest BCUT2D eigenvalue weighted by atomic mass is 9.86. The summed E-state index contributed by atoms with van der Waals surface area (Å²) in [4.78, 5) is 34.6. The van der Waals surface area contributed by atoms with Crippen LogP contribution in [0.25, 0.3) is 11.3 Å². The Labute approximate surface area is 210 Å². The highest BCUT2D eigenvalue weighted by molar-refractivity contribution is 5.94. The maximum absolute atomic E-state index is 14.3. The first-order valence-corrected chi connectivity index (χ1v) is 12.7. The van der Waals surface area contributed by atoms with Crippen molar-refractivity contribution in [3.63, 3.8) is 0 Å². The van der Waals surface area contributed by atoms with Crippen LogP contribution in [0.1, 0.15) is 62.9 Å². The highest BCUT2D eigenvalue weighted by Gasteiger charge is 2.54. The van der Waals surface area contributed by atoms with Crippen LogP contribution >= 0.6 is 0 Å². The molecule has 0 unspecified atom stereocenters. The molecular weight excluding hydrogens is 463 g/mol. The van der Waals surface area contributed by atoms with Crippen molar-refractivity contribution in [1.82, 2.24) is 30.3 Å². The molecule has 3 aliphatic rings. The zero-order chi connectivity index (χ0) is 25.7. The number of amides is 2. The summed E-state index contributed by atoms with van der Waals surface area (Å²) in [5.74, 6) is -0.421. The first-order valence-electron chi connectivity index (χ1n) is 12.7. The number of hydrogen-bond acceptors (Lipinski definition) is 6. The van der Waals surface area contributed by atoms with E-state index in [-0.39, 0.29) is 46.3 Å². The van der Waals surface area contributed by atoms with Gasteiger partial charge >= 0.3 is 0 Å². The molecule has 0 bridgehead atoms. The van der Waals surface area contributed by atoms with Gasteiger partial charge in [-0.2, -0.15) is 5.10 Å². The van der Waals surface area contributed by atoms with Gasteiger partial charge < -0.3 is 15.0 Å². The van der Waals surface area contributed by atoms with Gasteiger partial charge in [0.15, 0.2) is 5.82 Å². The molecular formula is C26H35FN6O3. The van der Waals surface area contributed by atoms with E-state index in [4.69, 9.17) is 4.74 Å². The van der Waals surface area contributed by atoms with Gasteiger partial charge in [0.1, 0.15) is 5.69 Å². The molecule has 36 heavy (non-hydrogen) atoms. The first-order chi connectivity index (χ1) is 17.1. The van der Waals surface area contributed by atoms with Crippen LogP contribution in [-0.4, -0.2) is 81.2 Å². The number of H-pyrrole nitrogens is 1. The lowest BCUT2D eigenvalue weighted by Gasteiger charge is -2.44. The standard InChI is InChI=1S/C26H35FN6O3/c1-25(2)7-5-17(15-32(25)3)29-23(34)16-6-10-33(26(13-16)8-9-26)24(35)21-12-20(30-31-21)18-11-22(36-4)28-14-19(18)27/h11-12,14,16-17H,5-10,13,15H2,1-4H3,(H,29,34)(H,30,31)/t16-,17+/m0/s1. The lowest BCUT2D eigenvalue weighted by molar-refractivity contribution is -0.128. The van der Waals surface area contributed by atoms with E-state index in [0.717, 1.165) is 38.4 Å². The Balaban J connectivity index is 1.23. The van der Waals surface area contributed by atoms with Gasteiger partial charge in [-0.1, -0.05) is 0 Å². The third kappa shape index (κ3) is 4.58. The van der Waals surface area contributed by atoms with E-state index in [9.17, 15) is 14.0 Å². The van der Waals surface area contributed by atoms with Gasteiger partial charge in [0, 0.05) is 47.8 Å². The van der Waals surface area contributed by atoms with Crippen LogP contribution in [0, 0.1) is 11.7 Å². The number of pyridine rings is 1. The lowest BCUT2D eigenvalue weighted by Crippen LogP contribution is -2.56. The van der Waals surface area contributed by atoms with Crippen LogP contribution in [0.4, 0.5) is 4.39 Å². The minimum Gasteiger partial charge on any atom is -0.481 e. The number of aromatic amines is 1. The summed E-state index contributed by atoms with van der Waals surface area (Å²) in [7, 11) is 3.57. The Kier molecular flexibility index (Phi) is 6.26. The topological polar surface area (TPSA) is 103 Å². The third-order valence-electron chi connectivity index (χ3n) is 8.45. The van der Waals surface area contributed by atoms with Crippen molar-refractivity contribution in [2.24, 2.45) is 5.92 Å². The van der Waals surface area contributed by atoms with Crippen LogP contribution in [-0.2, 0) is 4.79 Å².